The molecule has 2 aliphatic rings. The van der Waals surface area contributed by atoms with Crippen LogP contribution in [0.5, 0.6) is 0 Å². The molecule has 0 unspecified atom stereocenters. The second kappa shape index (κ2) is 6.67. The number of hydrogen-bond donors (Lipinski definition) is 1. The Kier molecular flexibility index (Phi) is 4.25. The SMILES string of the molecule is Cc1ccc(-c2cc(C(=O)N3C[C@H]4CNC[C@H]4C3)c3cnn(C(C)C)c3n2)s1. The first kappa shape index (κ1) is 17.8. The molecule has 0 aromatic carbocycles. The molecule has 0 saturated carbocycles. The second-order valence-corrected chi connectivity index (χ2v) is 9.56. The summed E-state index contributed by atoms with van der Waals surface area (Å²) in [6.07, 6.45) is 1.80. The quantitative estimate of drug-likeness (QED) is 0.739. The molecule has 3 aromatic heterocycles. The highest BCUT2D eigenvalue weighted by molar-refractivity contribution is 7.15. The Hall–Kier alpha value is -2.25. The van der Waals surface area contributed by atoms with Crippen LogP contribution in [0.1, 0.15) is 35.1 Å². The lowest BCUT2D eigenvalue weighted by Crippen LogP contribution is -2.32. The van der Waals surface area contributed by atoms with Crippen LogP contribution in [0, 0.1) is 18.8 Å². The molecule has 2 aliphatic heterocycles. The van der Waals surface area contributed by atoms with Gasteiger partial charge in [0.2, 0.25) is 0 Å². The molecule has 0 bridgehead atoms. The molecule has 2 atom stereocenters. The number of aromatic nitrogens is 3. The number of carbonyl (C=O) groups excluding carboxylic acids is 1. The van der Waals surface area contributed by atoms with Crippen molar-refractivity contribution in [3.63, 3.8) is 0 Å². The third-order valence-corrected chi connectivity index (χ3v) is 6.98. The summed E-state index contributed by atoms with van der Waals surface area (Å²) in [6.45, 7) is 9.99. The molecule has 2 fully saturated rings. The van der Waals surface area contributed by atoms with Crippen LogP contribution in [0.4, 0.5) is 0 Å². The molecule has 5 rings (SSSR count). The highest BCUT2D eigenvalue weighted by Crippen LogP contribution is 2.33. The summed E-state index contributed by atoms with van der Waals surface area (Å²) in [6, 6.07) is 6.34. The number of rotatable bonds is 3. The van der Waals surface area contributed by atoms with Crippen LogP contribution in [0.2, 0.25) is 0 Å². The van der Waals surface area contributed by atoms with Gasteiger partial charge in [-0.05, 0) is 50.8 Å². The van der Waals surface area contributed by atoms with Gasteiger partial charge >= 0.3 is 0 Å². The number of amides is 1. The number of pyridine rings is 1. The fraction of sp³-hybridized carbons (Fsp3) is 0.476. The molecule has 0 aliphatic carbocycles. The average Bonchev–Trinajstić information content (AvgIpc) is 3.42. The number of hydrogen-bond acceptors (Lipinski definition) is 5. The third-order valence-electron chi connectivity index (χ3n) is 5.96. The number of nitrogens with zero attached hydrogens (tertiary/aromatic N) is 4. The first-order valence-corrected chi connectivity index (χ1v) is 10.8. The first-order chi connectivity index (χ1) is 13.5. The number of aryl methyl sites for hydroxylation is 1. The molecular formula is C21H25N5OS. The van der Waals surface area contributed by atoms with Crippen LogP contribution in [-0.2, 0) is 0 Å². The topological polar surface area (TPSA) is 63.1 Å². The van der Waals surface area contributed by atoms with E-state index in [0.717, 1.165) is 53.3 Å². The Morgan fingerprint density at radius 1 is 1.25 bits per heavy atom. The molecular weight excluding hydrogens is 370 g/mol. The summed E-state index contributed by atoms with van der Waals surface area (Å²) in [7, 11) is 0. The van der Waals surface area contributed by atoms with Crippen molar-refractivity contribution in [2.24, 2.45) is 11.8 Å². The Bertz CT molecular complexity index is 1040. The molecule has 1 amide bonds. The van der Waals surface area contributed by atoms with Crippen LogP contribution in [0.15, 0.2) is 24.4 Å². The fourth-order valence-electron chi connectivity index (χ4n) is 4.46. The zero-order chi connectivity index (χ0) is 19.4. The molecule has 3 aromatic rings. The average molecular weight is 396 g/mol. The van der Waals surface area contributed by atoms with E-state index < -0.39 is 0 Å². The molecule has 6 nitrogen and oxygen atoms in total. The smallest absolute Gasteiger partial charge is 0.254 e. The summed E-state index contributed by atoms with van der Waals surface area (Å²) in [5.74, 6) is 1.28. The van der Waals surface area contributed by atoms with Gasteiger partial charge in [0.15, 0.2) is 5.65 Å². The van der Waals surface area contributed by atoms with E-state index in [1.807, 2.05) is 15.6 Å². The highest BCUT2D eigenvalue weighted by atomic mass is 32.1. The minimum Gasteiger partial charge on any atom is -0.338 e. The lowest BCUT2D eigenvalue weighted by Gasteiger charge is -2.18. The van der Waals surface area contributed by atoms with Gasteiger partial charge in [-0.1, -0.05) is 0 Å². The first-order valence-electron chi connectivity index (χ1n) is 9.96. The monoisotopic (exact) mass is 395 g/mol. The van der Waals surface area contributed by atoms with Crippen LogP contribution in [0.25, 0.3) is 21.6 Å². The summed E-state index contributed by atoms with van der Waals surface area (Å²) in [5.41, 5.74) is 2.38. The van der Waals surface area contributed by atoms with Crippen molar-refractivity contribution in [2.45, 2.75) is 26.8 Å². The van der Waals surface area contributed by atoms with Crippen LogP contribution >= 0.6 is 11.3 Å². The summed E-state index contributed by atoms with van der Waals surface area (Å²) >= 11 is 1.71. The molecule has 2 saturated heterocycles. The zero-order valence-corrected chi connectivity index (χ0v) is 17.3. The maximum Gasteiger partial charge on any atom is 0.254 e. The largest absolute Gasteiger partial charge is 0.338 e. The van der Waals surface area contributed by atoms with Crippen LogP contribution in [-0.4, -0.2) is 51.8 Å². The maximum atomic E-state index is 13.5. The fourth-order valence-corrected chi connectivity index (χ4v) is 5.29. The maximum absolute atomic E-state index is 13.5. The standard InChI is InChI=1S/C21H25N5OS/c1-12(2)26-20-17(9-23-26)16(6-18(24-20)19-5-4-13(3)28-19)21(27)25-10-14-7-22-8-15(14)11-25/h4-6,9,12,14-15,22H,7-8,10-11H2,1-3H3/t14-,15+. The van der Waals surface area contributed by atoms with Gasteiger partial charge in [-0.3, -0.25) is 4.79 Å². The highest BCUT2D eigenvalue weighted by Gasteiger charge is 2.38. The van der Waals surface area contributed by atoms with Gasteiger partial charge in [-0.25, -0.2) is 9.67 Å². The molecule has 28 heavy (non-hydrogen) atoms. The Labute approximate surface area is 168 Å². The molecule has 5 heterocycles. The van der Waals surface area contributed by atoms with E-state index in [4.69, 9.17) is 4.98 Å². The number of fused-ring (bicyclic) bond motifs is 2. The van der Waals surface area contributed by atoms with Crippen LogP contribution in [0.3, 0.4) is 0 Å². The van der Waals surface area contributed by atoms with Crippen molar-refractivity contribution in [1.82, 2.24) is 25.0 Å². The van der Waals surface area contributed by atoms with Gasteiger partial charge in [0.1, 0.15) is 0 Å². The van der Waals surface area contributed by atoms with E-state index in [1.54, 1.807) is 17.5 Å². The third kappa shape index (κ3) is 2.84. The molecule has 1 N–H and O–H groups in total. The summed E-state index contributed by atoms with van der Waals surface area (Å²) in [5, 5.41) is 8.83. The van der Waals surface area contributed by atoms with E-state index >= 15 is 0 Å². The summed E-state index contributed by atoms with van der Waals surface area (Å²) < 4.78 is 1.92. The zero-order valence-electron chi connectivity index (χ0n) is 16.5. The number of nitrogens with one attached hydrogen (secondary N) is 1. The van der Waals surface area contributed by atoms with Gasteiger partial charge < -0.3 is 10.2 Å². The molecule has 0 spiro atoms. The minimum absolute atomic E-state index is 0.111. The van der Waals surface area contributed by atoms with Gasteiger partial charge in [-0.2, -0.15) is 5.10 Å². The van der Waals surface area contributed by atoms with Crippen molar-refractivity contribution in [1.29, 1.82) is 0 Å². The molecule has 146 valence electrons. The van der Waals surface area contributed by atoms with Gasteiger partial charge in [0, 0.05) is 37.1 Å². The van der Waals surface area contributed by atoms with Crippen molar-refractivity contribution < 1.29 is 4.79 Å². The Morgan fingerprint density at radius 2 is 2.00 bits per heavy atom. The molecule has 0 radical (unpaired) electrons. The Balaban J connectivity index is 1.61. The van der Waals surface area contributed by atoms with Gasteiger partial charge in [0.05, 0.1) is 27.7 Å². The van der Waals surface area contributed by atoms with Crippen molar-refractivity contribution in [3.05, 3.63) is 34.8 Å². The summed E-state index contributed by atoms with van der Waals surface area (Å²) in [4.78, 5) is 22.8. The van der Waals surface area contributed by atoms with Gasteiger partial charge in [0.25, 0.3) is 5.91 Å². The Morgan fingerprint density at radius 3 is 2.64 bits per heavy atom. The van der Waals surface area contributed by atoms with E-state index in [2.05, 4.69) is 43.3 Å². The second-order valence-electron chi connectivity index (χ2n) is 8.27. The van der Waals surface area contributed by atoms with Crippen molar-refractivity contribution >= 4 is 28.3 Å². The minimum atomic E-state index is 0.111. The lowest BCUT2D eigenvalue weighted by atomic mass is 10.0. The lowest BCUT2D eigenvalue weighted by molar-refractivity contribution is 0.0783. The van der Waals surface area contributed by atoms with E-state index in [1.165, 1.54) is 4.88 Å². The predicted molar refractivity (Wildman–Crippen MR) is 112 cm³/mol. The van der Waals surface area contributed by atoms with Crippen molar-refractivity contribution in [3.8, 4) is 10.6 Å². The van der Waals surface area contributed by atoms with Crippen molar-refractivity contribution in [2.75, 3.05) is 26.2 Å². The van der Waals surface area contributed by atoms with E-state index in [-0.39, 0.29) is 11.9 Å². The number of thiophene rings is 1. The number of carbonyl (C=O) groups is 1. The number of likely N-dealkylation sites (tertiary alicyclic amines) is 1. The predicted octanol–water partition coefficient (Wildman–Crippen LogP) is 3.34. The van der Waals surface area contributed by atoms with Gasteiger partial charge in [-0.15, -0.1) is 11.3 Å². The molecule has 7 heteroatoms. The normalized spacial score (nSPS) is 21.8. The van der Waals surface area contributed by atoms with E-state index in [9.17, 15) is 4.79 Å². The van der Waals surface area contributed by atoms with Crippen LogP contribution < -0.4 is 5.32 Å². The van der Waals surface area contributed by atoms with E-state index in [0.29, 0.717) is 11.8 Å².